The van der Waals surface area contributed by atoms with E-state index in [9.17, 15) is 0 Å². The Kier molecular flexibility index (Phi) is 7.28. The quantitative estimate of drug-likeness (QED) is 0.673. The first-order chi connectivity index (χ1) is 14.4. The molecule has 2 unspecified atom stereocenters. The van der Waals surface area contributed by atoms with E-state index in [1.165, 1.54) is 0 Å². The first-order valence-electron chi connectivity index (χ1n) is 10.3. The summed E-state index contributed by atoms with van der Waals surface area (Å²) in [7, 11) is 0. The van der Waals surface area contributed by atoms with Crippen LogP contribution in [0.4, 0.5) is 0 Å². The Bertz CT molecular complexity index is 709. The fourth-order valence-electron chi connectivity index (χ4n) is 3.60. The summed E-state index contributed by atoms with van der Waals surface area (Å²) in [4.78, 5) is 9.44. The Morgan fingerprint density at radius 1 is 0.552 bits per heavy atom. The fourth-order valence-corrected chi connectivity index (χ4v) is 3.60. The van der Waals surface area contributed by atoms with E-state index in [4.69, 9.17) is 33.7 Å². The topological polar surface area (TPSA) is 71.9 Å². The summed E-state index contributed by atoms with van der Waals surface area (Å²) in [5, 5.41) is 0. The number of nitrogens with zero attached hydrogens (tertiary/aromatic N) is 2. The summed E-state index contributed by atoms with van der Waals surface area (Å²) < 4.78 is 28.1. The van der Waals surface area contributed by atoms with E-state index in [2.05, 4.69) is 12.1 Å². The molecule has 0 spiro atoms. The van der Waals surface area contributed by atoms with Crippen molar-refractivity contribution >= 4 is 0 Å². The van der Waals surface area contributed by atoms with Crippen molar-refractivity contribution in [3.05, 3.63) is 47.8 Å². The molecule has 3 heterocycles. The van der Waals surface area contributed by atoms with Crippen molar-refractivity contribution in [2.24, 2.45) is 0 Å². The molecule has 7 heteroatoms. The van der Waals surface area contributed by atoms with Gasteiger partial charge in [0, 0.05) is 35.4 Å². The van der Waals surface area contributed by atoms with Crippen molar-refractivity contribution in [1.82, 2.24) is 9.97 Å². The van der Waals surface area contributed by atoms with Gasteiger partial charge in [0.1, 0.15) is 13.2 Å². The maximum atomic E-state index is 5.76. The summed E-state index contributed by atoms with van der Waals surface area (Å²) in [6.45, 7) is 4.08. The number of fused-ring (bicyclic) bond motifs is 7. The van der Waals surface area contributed by atoms with Crippen LogP contribution in [0.15, 0.2) is 36.4 Å². The Balaban J connectivity index is 1.45. The number of ether oxygens (including phenoxy) is 5. The third-order valence-electron chi connectivity index (χ3n) is 5.22. The smallest absolute Gasteiger partial charge is 0.213 e. The molecule has 0 radical (unpaired) electrons. The first kappa shape index (κ1) is 20.1. The highest BCUT2D eigenvalue weighted by atomic mass is 16.6. The van der Waals surface area contributed by atoms with Crippen molar-refractivity contribution < 1.29 is 23.7 Å². The van der Waals surface area contributed by atoms with Gasteiger partial charge in [-0.05, 0) is 25.0 Å². The van der Waals surface area contributed by atoms with Crippen molar-refractivity contribution in [2.75, 3.05) is 52.9 Å². The van der Waals surface area contributed by atoms with Gasteiger partial charge in [0.15, 0.2) is 0 Å². The molecule has 4 rings (SSSR count). The lowest BCUT2D eigenvalue weighted by atomic mass is 9.70. The van der Waals surface area contributed by atoms with E-state index >= 15 is 0 Å². The average molecular weight is 400 g/mol. The van der Waals surface area contributed by atoms with Gasteiger partial charge in [-0.25, -0.2) is 9.97 Å². The number of pyridine rings is 2. The SMILES string of the molecule is c1cc2nc(c1)C1CCC1c1cccc(n1)OCCOCCOCCOCCO2. The van der Waals surface area contributed by atoms with Gasteiger partial charge in [-0.2, -0.15) is 0 Å². The highest BCUT2D eigenvalue weighted by Crippen LogP contribution is 2.48. The van der Waals surface area contributed by atoms with Gasteiger partial charge in [0.2, 0.25) is 11.8 Å². The fraction of sp³-hybridized carbons (Fsp3) is 0.545. The molecule has 29 heavy (non-hydrogen) atoms. The van der Waals surface area contributed by atoms with Crippen LogP contribution in [-0.2, 0) is 14.2 Å². The summed E-state index contributed by atoms with van der Waals surface area (Å²) >= 11 is 0. The maximum Gasteiger partial charge on any atom is 0.213 e. The lowest BCUT2D eigenvalue weighted by molar-refractivity contribution is 0.00459. The van der Waals surface area contributed by atoms with Crippen LogP contribution in [0.3, 0.4) is 0 Å². The molecule has 1 aliphatic heterocycles. The lowest BCUT2D eigenvalue weighted by Crippen LogP contribution is -2.24. The zero-order chi connectivity index (χ0) is 19.7. The van der Waals surface area contributed by atoms with Crippen molar-refractivity contribution in [1.29, 1.82) is 0 Å². The van der Waals surface area contributed by atoms with E-state index < -0.39 is 0 Å². The van der Waals surface area contributed by atoms with Gasteiger partial charge in [-0.15, -0.1) is 0 Å². The predicted molar refractivity (Wildman–Crippen MR) is 107 cm³/mol. The Morgan fingerprint density at radius 2 is 0.966 bits per heavy atom. The molecule has 156 valence electrons. The van der Waals surface area contributed by atoms with Crippen molar-refractivity contribution in [2.45, 2.75) is 24.7 Å². The Morgan fingerprint density at radius 3 is 1.38 bits per heavy atom. The Hall–Kier alpha value is -2.22. The number of rotatable bonds is 0. The first-order valence-corrected chi connectivity index (χ1v) is 10.3. The molecule has 2 aromatic rings. The van der Waals surface area contributed by atoms with Crippen LogP contribution in [0.5, 0.6) is 11.8 Å². The van der Waals surface area contributed by atoms with E-state index in [0.29, 0.717) is 76.5 Å². The molecule has 2 aromatic heterocycles. The van der Waals surface area contributed by atoms with E-state index in [1.54, 1.807) is 0 Å². The highest BCUT2D eigenvalue weighted by Gasteiger charge is 2.35. The summed E-state index contributed by atoms with van der Waals surface area (Å²) in [6, 6.07) is 11.9. The second-order valence-electron chi connectivity index (χ2n) is 7.13. The summed E-state index contributed by atoms with van der Waals surface area (Å²) in [6.07, 6.45) is 2.20. The van der Waals surface area contributed by atoms with Crippen LogP contribution >= 0.6 is 0 Å². The van der Waals surface area contributed by atoms with Crippen LogP contribution in [0, 0.1) is 0 Å². The largest absolute Gasteiger partial charge is 0.475 e. The highest BCUT2D eigenvalue weighted by molar-refractivity contribution is 5.28. The van der Waals surface area contributed by atoms with Gasteiger partial charge < -0.3 is 23.7 Å². The zero-order valence-electron chi connectivity index (χ0n) is 16.6. The molecule has 1 fully saturated rings. The third kappa shape index (κ3) is 5.65. The molecular formula is C22H28N2O5. The minimum absolute atomic E-state index is 0.354. The second kappa shape index (κ2) is 10.5. The van der Waals surface area contributed by atoms with Gasteiger partial charge in [0.05, 0.1) is 39.6 Å². The molecule has 2 atom stereocenters. The van der Waals surface area contributed by atoms with E-state index in [-0.39, 0.29) is 0 Å². The average Bonchev–Trinajstić information content (AvgIpc) is 2.71. The number of aromatic nitrogens is 2. The third-order valence-corrected chi connectivity index (χ3v) is 5.22. The standard InChI is InChI=1S/C22H28N2O5/c1-3-19-17-7-8-18(17)20-4-2-6-22(24-20)29-16-14-27-12-10-25-9-11-26-13-15-28-21(5-1)23-19/h1-6,17-18H,7-16H2. The second-order valence-corrected chi connectivity index (χ2v) is 7.13. The number of hydrogen-bond acceptors (Lipinski definition) is 7. The lowest BCUT2D eigenvalue weighted by Gasteiger charge is -2.36. The molecular weight excluding hydrogens is 372 g/mol. The van der Waals surface area contributed by atoms with Gasteiger partial charge in [-0.1, -0.05) is 12.1 Å². The zero-order valence-corrected chi connectivity index (χ0v) is 16.6. The van der Waals surface area contributed by atoms with Crippen LogP contribution in [-0.4, -0.2) is 62.8 Å². The predicted octanol–water partition coefficient (Wildman–Crippen LogP) is 2.96. The van der Waals surface area contributed by atoms with Crippen LogP contribution in [0.2, 0.25) is 0 Å². The van der Waals surface area contributed by atoms with E-state index in [1.807, 2.05) is 24.3 Å². The molecule has 2 aliphatic rings. The summed E-state index contributed by atoms with van der Waals surface area (Å²) in [5.41, 5.74) is 2.11. The summed E-state index contributed by atoms with van der Waals surface area (Å²) in [5.74, 6) is 1.99. The van der Waals surface area contributed by atoms with Gasteiger partial charge in [0.25, 0.3) is 0 Å². The molecule has 0 N–H and O–H groups in total. The molecule has 1 aliphatic carbocycles. The van der Waals surface area contributed by atoms with Gasteiger partial charge >= 0.3 is 0 Å². The maximum absolute atomic E-state index is 5.76. The molecule has 0 saturated heterocycles. The van der Waals surface area contributed by atoms with Crippen LogP contribution in [0.1, 0.15) is 36.1 Å². The minimum atomic E-state index is 0.354. The molecule has 1 saturated carbocycles. The minimum Gasteiger partial charge on any atom is -0.475 e. The molecule has 0 aromatic carbocycles. The normalized spacial score (nSPS) is 24.0. The van der Waals surface area contributed by atoms with Crippen LogP contribution < -0.4 is 9.47 Å². The molecule has 7 nitrogen and oxygen atoms in total. The van der Waals surface area contributed by atoms with E-state index in [0.717, 1.165) is 24.2 Å². The van der Waals surface area contributed by atoms with Gasteiger partial charge in [-0.3, -0.25) is 0 Å². The molecule has 0 amide bonds. The van der Waals surface area contributed by atoms with Crippen molar-refractivity contribution in [3.63, 3.8) is 0 Å². The Labute approximate surface area is 171 Å². The monoisotopic (exact) mass is 400 g/mol. The van der Waals surface area contributed by atoms with Crippen LogP contribution in [0.25, 0.3) is 0 Å². The number of hydrogen-bond donors (Lipinski definition) is 0. The van der Waals surface area contributed by atoms with Crippen molar-refractivity contribution in [3.8, 4) is 11.8 Å². The molecule has 4 bridgehead atoms.